The van der Waals surface area contributed by atoms with Crippen LogP contribution >= 0.6 is 0 Å². The Morgan fingerprint density at radius 1 is 1.43 bits per heavy atom. The van der Waals surface area contributed by atoms with Gasteiger partial charge in [-0.1, -0.05) is 13.0 Å². The molecule has 0 saturated carbocycles. The number of rotatable bonds is 2. The van der Waals surface area contributed by atoms with Gasteiger partial charge in [-0.05, 0) is 43.4 Å². The van der Waals surface area contributed by atoms with Crippen molar-refractivity contribution in [3.05, 3.63) is 29.3 Å². The maximum absolute atomic E-state index is 12.9. The van der Waals surface area contributed by atoms with E-state index in [1.54, 1.807) is 0 Å². The van der Waals surface area contributed by atoms with Crippen LogP contribution in [0.3, 0.4) is 0 Å². The minimum absolute atomic E-state index is 0.0149. The molecule has 0 aromatic heterocycles. The number of carbonyl (C=O) groups is 1. The minimum atomic E-state index is -4.46. The Morgan fingerprint density at radius 2 is 2.13 bits per heavy atom. The van der Waals surface area contributed by atoms with Crippen molar-refractivity contribution < 1.29 is 23.1 Å². The standard InChI is InChI=1S/C16H21F3N2O2/c1-10-5-4-8-21(14(10)9-22)15(23)20-13-7-3-6-12(11(13)2)16(17,18)19/h3,6-7,10,14,22H,4-5,8-9H2,1-2H3,(H,20,23). The molecule has 1 heterocycles. The van der Waals surface area contributed by atoms with E-state index in [9.17, 15) is 23.1 Å². The average Bonchev–Trinajstić information content (AvgIpc) is 2.47. The Hall–Kier alpha value is -1.76. The number of piperidine rings is 1. The molecular weight excluding hydrogens is 309 g/mol. The normalized spacial score (nSPS) is 22.1. The zero-order valence-electron chi connectivity index (χ0n) is 13.2. The molecule has 2 N–H and O–H groups in total. The molecule has 1 saturated heterocycles. The van der Waals surface area contributed by atoms with Gasteiger partial charge < -0.3 is 15.3 Å². The first-order valence-corrected chi connectivity index (χ1v) is 7.61. The van der Waals surface area contributed by atoms with Crippen molar-refractivity contribution in [1.29, 1.82) is 0 Å². The smallest absolute Gasteiger partial charge is 0.394 e. The summed E-state index contributed by atoms with van der Waals surface area (Å²) in [6.45, 7) is 3.62. The third-order valence-corrected chi connectivity index (χ3v) is 4.44. The number of hydrogen-bond donors (Lipinski definition) is 2. The molecule has 1 aliphatic heterocycles. The van der Waals surface area contributed by atoms with Crippen molar-refractivity contribution in [2.45, 2.75) is 38.9 Å². The number of aliphatic hydroxyl groups excluding tert-OH is 1. The average molecular weight is 330 g/mol. The van der Waals surface area contributed by atoms with E-state index in [0.717, 1.165) is 18.9 Å². The van der Waals surface area contributed by atoms with E-state index < -0.39 is 17.8 Å². The zero-order valence-corrected chi connectivity index (χ0v) is 13.2. The van der Waals surface area contributed by atoms with Gasteiger partial charge in [-0.3, -0.25) is 0 Å². The molecule has 2 unspecified atom stereocenters. The number of benzene rings is 1. The number of alkyl halides is 3. The molecular formula is C16H21F3N2O2. The van der Waals surface area contributed by atoms with Crippen LogP contribution in [-0.2, 0) is 6.18 Å². The van der Waals surface area contributed by atoms with E-state index in [1.807, 2.05) is 6.92 Å². The first-order valence-electron chi connectivity index (χ1n) is 7.61. The van der Waals surface area contributed by atoms with Crippen molar-refractivity contribution in [2.75, 3.05) is 18.5 Å². The second kappa shape index (κ2) is 6.78. The van der Waals surface area contributed by atoms with Crippen molar-refractivity contribution in [2.24, 2.45) is 5.92 Å². The highest BCUT2D eigenvalue weighted by Crippen LogP contribution is 2.34. The molecule has 128 valence electrons. The second-order valence-electron chi connectivity index (χ2n) is 5.97. The lowest BCUT2D eigenvalue weighted by atomic mass is 9.91. The van der Waals surface area contributed by atoms with Gasteiger partial charge in [0.15, 0.2) is 0 Å². The summed E-state index contributed by atoms with van der Waals surface area (Å²) in [5.41, 5.74) is -0.639. The van der Waals surface area contributed by atoms with Crippen LogP contribution in [0.2, 0.25) is 0 Å². The third kappa shape index (κ3) is 3.77. The number of aliphatic hydroxyl groups is 1. The number of anilines is 1. The number of nitrogens with zero attached hydrogens (tertiary/aromatic N) is 1. The van der Waals surface area contributed by atoms with Crippen molar-refractivity contribution in [3.8, 4) is 0 Å². The quantitative estimate of drug-likeness (QED) is 0.870. The lowest BCUT2D eigenvalue weighted by molar-refractivity contribution is -0.138. The van der Waals surface area contributed by atoms with Gasteiger partial charge in [0.2, 0.25) is 0 Å². The van der Waals surface area contributed by atoms with E-state index in [0.29, 0.717) is 6.54 Å². The summed E-state index contributed by atoms with van der Waals surface area (Å²) in [4.78, 5) is 13.9. The summed E-state index contributed by atoms with van der Waals surface area (Å²) in [6.07, 6.45) is -2.73. The number of nitrogens with one attached hydrogen (secondary N) is 1. The van der Waals surface area contributed by atoms with Crippen molar-refractivity contribution >= 4 is 11.7 Å². The SMILES string of the molecule is Cc1c(NC(=O)N2CCCC(C)C2CO)cccc1C(F)(F)F. The Labute approximate surface area is 133 Å². The monoisotopic (exact) mass is 330 g/mol. The lowest BCUT2D eigenvalue weighted by Gasteiger charge is -2.39. The predicted octanol–water partition coefficient (Wildman–Crippen LogP) is 3.64. The van der Waals surface area contributed by atoms with E-state index in [2.05, 4.69) is 5.32 Å². The number of hydrogen-bond acceptors (Lipinski definition) is 2. The van der Waals surface area contributed by atoms with E-state index in [4.69, 9.17) is 0 Å². The maximum Gasteiger partial charge on any atom is 0.416 e. The first kappa shape index (κ1) is 17.6. The molecule has 1 fully saturated rings. The summed E-state index contributed by atoms with van der Waals surface area (Å²) >= 11 is 0. The molecule has 23 heavy (non-hydrogen) atoms. The van der Waals surface area contributed by atoms with Gasteiger partial charge in [0, 0.05) is 12.2 Å². The molecule has 0 aliphatic carbocycles. The number of urea groups is 1. The highest BCUT2D eigenvalue weighted by Gasteiger charge is 2.34. The van der Waals surface area contributed by atoms with Crippen LogP contribution in [0.25, 0.3) is 0 Å². The molecule has 4 nitrogen and oxygen atoms in total. The Morgan fingerprint density at radius 3 is 2.74 bits per heavy atom. The second-order valence-corrected chi connectivity index (χ2v) is 5.97. The van der Waals surface area contributed by atoms with E-state index in [-0.39, 0.29) is 29.8 Å². The van der Waals surface area contributed by atoms with Crippen LogP contribution in [0.4, 0.5) is 23.7 Å². The van der Waals surface area contributed by atoms with Crippen LogP contribution in [0.15, 0.2) is 18.2 Å². The van der Waals surface area contributed by atoms with E-state index >= 15 is 0 Å². The highest BCUT2D eigenvalue weighted by atomic mass is 19.4. The number of carbonyl (C=O) groups excluding carboxylic acids is 1. The van der Waals surface area contributed by atoms with E-state index in [1.165, 1.54) is 24.0 Å². The molecule has 2 rings (SSSR count). The van der Waals surface area contributed by atoms with Crippen molar-refractivity contribution in [1.82, 2.24) is 4.90 Å². The minimum Gasteiger partial charge on any atom is -0.394 e. The third-order valence-electron chi connectivity index (χ3n) is 4.44. The van der Waals surface area contributed by atoms with Gasteiger partial charge in [0.05, 0.1) is 18.2 Å². The molecule has 0 radical (unpaired) electrons. The van der Waals surface area contributed by atoms with Gasteiger partial charge >= 0.3 is 12.2 Å². The molecule has 2 amide bonds. The van der Waals surface area contributed by atoms with Gasteiger partial charge in [-0.25, -0.2) is 4.79 Å². The van der Waals surface area contributed by atoms with Crippen LogP contribution in [0.1, 0.15) is 30.9 Å². The van der Waals surface area contributed by atoms with Gasteiger partial charge in [0.25, 0.3) is 0 Å². The molecule has 1 aliphatic rings. The summed E-state index contributed by atoms with van der Waals surface area (Å²) in [5.74, 6) is 0.155. The number of amides is 2. The predicted molar refractivity (Wildman–Crippen MR) is 81.2 cm³/mol. The van der Waals surface area contributed by atoms with Crippen LogP contribution in [0, 0.1) is 12.8 Å². The molecule has 1 aromatic rings. The fourth-order valence-electron chi connectivity index (χ4n) is 3.04. The molecule has 7 heteroatoms. The molecule has 1 aromatic carbocycles. The van der Waals surface area contributed by atoms with Gasteiger partial charge in [-0.15, -0.1) is 0 Å². The molecule has 0 bridgehead atoms. The summed E-state index contributed by atoms with van der Waals surface area (Å²) < 4.78 is 38.8. The topological polar surface area (TPSA) is 52.6 Å². The molecule has 0 spiro atoms. The Bertz CT molecular complexity index is 575. The van der Waals surface area contributed by atoms with Crippen LogP contribution in [-0.4, -0.2) is 35.2 Å². The largest absolute Gasteiger partial charge is 0.416 e. The van der Waals surface area contributed by atoms with Crippen LogP contribution < -0.4 is 5.32 Å². The van der Waals surface area contributed by atoms with Crippen molar-refractivity contribution in [3.63, 3.8) is 0 Å². The maximum atomic E-state index is 12.9. The van der Waals surface area contributed by atoms with Crippen LogP contribution in [0.5, 0.6) is 0 Å². The summed E-state index contributed by atoms with van der Waals surface area (Å²) in [6, 6.07) is 2.93. The fourth-order valence-corrected chi connectivity index (χ4v) is 3.04. The van der Waals surface area contributed by atoms with Gasteiger partial charge in [-0.2, -0.15) is 13.2 Å². The first-order chi connectivity index (χ1) is 10.8. The lowest BCUT2D eigenvalue weighted by Crippen LogP contribution is -2.51. The number of likely N-dealkylation sites (tertiary alicyclic amines) is 1. The Kier molecular flexibility index (Phi) is 5.19. The summed E-state index contributed by atoms with van der Waals surface area (Å²) in [5, 5.41) is 12.0. The fraction of sp³-hybridized carbons (Fsp3) is 0.562. The summed E-state index contributed by atoms with van der Waals surface area (Å²) in [7, 11) is 0. The highest BCUT2D eigenvalue weighted by molar-refractivity contribution is 5.90. The Balaban J connectivity index is 2.20. The van der Waals surface area contributed by atoms with Gasteiger partial charge in [0.1, 0.15) is 0 Å². The zero-order chi connectivity index (χ0) is 17.2. The number of halogens is 3. The molecule has 2 atom stereocenters.